The Labute approximate surface area is 147 Å². The molecule has 2 heterocycles. The van der Waals surface area contributed by atoms with E-state index in [-0.39, 0.29) is 18.4 Å². The molecule has 0 N–H and O–H groups in total. The summed E-state index contributed by atoms with van der Waals surface area (Å²) in [5.41, 5.74) is 1.92. The fraction of sp³-hybridized carbons (Fsp3) is 0.526. The SMILES string of the molecule is CCOC(=O)C1CCCN(C(=O)C(=O)N2CCCc3ccccc32)C1. The third kappa shape index (κ3) is 3.67. The van der Waals surface area contributed by atoms with E-state index in [0.29, 0.717) is 32.5 Å². The number of nitrogens with zero attached hydrogens (tertiary/aromatic N) is 2. The Morgan fingerprint density at radius 3 is 2.72 bits per heavy atom. The lowest BCUT2D eigenvalue weighted by atomic mass is 9.97. The second-order valence-electron chi connectivity index (χ2n) is 6.53. The molecule has 0 aromatic heterocycles. The summed E-state index contributed by atoms with van der Waals surface area (Å²) >= 11 is 0. The van der Waals surface area contributed by atoms with Crippen molar-refractivity contribution in [1.82, 2.24) is 4.90 Å². The van der Waals surface area contributed by atoms with Gasteiger partial charge in [0.15, 0.2) is 0 Å². The molecule has 1 unspecified atom stereocenters. The van der Waals surface area contributed by atoms with Gasteiger partial charge in [0.25, 0.3) is 0 Å². The predicted octanol–water partition coefficient (Wildman–Crippen LogP) is 1.77. The van der Waals surface area contributed by atoms with Crippen LogP contribution in [0, 0.1) is 5.92 Å². The summed E-state index contributed by atoms with van der Waals surface area (Å²) in [6, 6.07) is 7.71. The number of esters is 1. The van der Waals surface area contributed by atoms with Gasteiger partial charge in [0, 0.05) is 25.3 Å². The number of para-hydroxylation sites is 1. The van der Waals surface area contributed by atoms with Gasteiger partial charge in [0.1, 0.15) is 0 Å². The standard InChI is InChI=1S/C19H24N2O4/c1-2-25-19(24)15-9-5-11-20(13-15)17(22)18(23)21-12-6-8-14-7-3-4-10-16(14)21/h3-4,7,10,15H,2,5-6,8-9,11-13H2,1H3. The van der Waals surface area contributed by atoms with E-state index in [9.17, 15) is 14.4 Å². The Kier molecular flexibility index (Phi) is 5.36. The molecule has 1 saturated heterocycles. The van der Waals surface area contributed by atoms with Crippen LogP contribution < -0.4 is 4.90 Å². The van der Waals surface area contributed by atoms with Crippen molar-refractivity contribution < 1.29 is 19.1 Å². The highest BCUT2D eigenvalue weighted by atomic mass is 16.5. The van der Waals surface area contributed by atoms with Crippen LogP contribution in [0.15, 0.2) is 24.3 Å². The average Bonchev–Trinajstić information content (AvgIpc) is 2.66. The van der Waals surface area contributed by atoms with Crippen LogP contribution in [0.4, 0.5) is 5.69 Å². The van der Waals surface area contributed by atoms with Crippen LogP contribution in [-0.4, -0.2) is 48.9 Å². The third-order valence-corrected chi connectivity index (χ3v) is 4.87. The van der Waals surface area contributed by atoms with E-state index < -0.39 is 11.8 Å². The van der Waals surface area contributed by atoms with Gasteiger partial charge >= 0.3 is 17.8 Å². The number of ether oxygens (including phenoxy) is 1. The van der Waals surface area contributed by atoms with Crippen LogP contribution in [0.5, 0.6) is 0 Å². The molecule has 0 radical (unpaired) electrons. The molecule has 6 heteroatoms. The third-order valence-electron chi connectivity index (χ3n) is 4.87. The minimum Gasteiger partial charge on any atom is -0.466 e. The van der Waals surface area contributed by atoms with Crippen molar-refractivity contribution in [1.29, 1.82) is 0 Å². The zero-order valence-corrected chi connectivity index (χ0v) is 14.6. The Morgan fingerprint density at radius 2 is 1.92 bits per heavy atom. The van der Waals surface area contributed by atoms with Gasteiger partial charge in [0.05, 0.1) is 12.5 Å². The summed E-state index contributed by atoms with van der Waals surface area (Å²) in [5, 5.41) is 0. The molecule has 134 valence electrons. The van der Waals surface area contributed by atoms with Crippen LogP contribution in [0.3, 0.4) is 0 Å². The van der Waals surface area contributed by atoms with Crippen molar-refractivity contribution in [3.8, 4) is 0 Å². The van der Waals surface area contributed by atoms with E-state index in [2.05, 4.69) is 0 Å². The summed E-state index contributed by atoms with van der Waals surface area (Å²) in [7, 11) is 0. The predicted molar refractivity (Wildman–Crippen MR) is 93.1 cm³/mol. The molecule has 0 aliphatic carbocycles. The highest BCUT2D eigenvalue weighted by molar-refractivity contribution is 6.40. The monoisotopic (exact) mass is 344 g/mol. The molecule has 3 rings (SSSR count). The molecule has 0 saturated carbocycles. The number of hydrogen-bond donors (Lipinski definition) is 0. The maximum absolute atomic E-state index is 12.8. The lowest BCUT2D eigenvalue weighted by molar-refractivity contribution is -0.153. The molecule has 1 fully saturated rings. The maximum atomic E-state index is 12.8. The molecule has 6 nitrogen and oxygen atoms in total. The Bertz CT molecular complexity index is 673. The van der Waals surface area contributed by atoms with E-state index in [4.69, 9.17) is 4.74 Å². The van der Waals surface area contributed by atoms with Gasteiger partial charge in [0.2, 0.25) is 0 Å². The van der Waals surface area contributed by atoms with Gasteiger partial charge in [-0.05, 0) is 44.2 Å². The fourth-order valence-corrected chi connectivity index (χ4v) is 3.61. The van der Waals surface area contributed by atoms with Crippen molar-refractivity contribution in [2.45, 2.75) is 32.6 Å². The summed E-state index contributed by atoms with van der Waals surface area (Å²) in [6.45, 7) is 3.42. The smallest absolute Gasteiger partial charge is 0.316 e. The number of aryl methyl sites for hydroxylation is 1. The highest BCUT2D eigenvalue weighted by Gasteiger charge is 2.35. The molecule has 0 spiro atoms. The van der Waals surface area contributed by atoms with Gasteiger partial charge in [-0.25, -0.2) is 0 Å². The largest absolute Gasteiger partial charge is 0.466 e. The Morgan fingerprint density at radius 1 is 1.12 bits per heavy atom. The number of likely N-dealkylation sites (tertiary alicyclic amines) is 1. The number of hydrogen-bond acceptors (Lipinski definition) is 4. The van der Waals surface area contributed by atoms with Crippen molar-refractivity contribution in [2.75, 3.05) is 31.1 Å². The van der Waals surface area contributed by atoms with Crippen LogP contribution in [0.1, 0.15) is 31.7 Å². The number of piperidine rings is 1. The molecule has 2 aliphatic heterocycles. The first kappa shape index (κ1) is 17.5. The maximum Gasteiger partial charge on any atom is 0.316 e. The van der Waals surface area contributed by atoms with Gasteiger partial charge in [-0.15, -0.1) is 0 Å². The number of benzene rings is 1. The fourth-order valence-electron chi connectivity index (χ4n) is 3.61. The summed E-state index contributed by atoms with van der Waals surface area (Å²) in [4.78, 5) is 40.5. The molecule has 25 heavy (non-hydrogen) atoms. The van der Waals surface area contributed by atoms with Gasteiger partial charge in [-0.3, -0.25) is 14.4 Å². The van der Waals surface area contributed by atoms with E-state index in [1.54, 1.807) is 11.8 Å². The molecule has 1 atom stereocenters. The van der Waals surface area contributed by atoms with Gasteiger partial charge < -0.3 is 14.5 Å². The van der Waals surface area contributed by atoms with Crippen molar-refractivity contribution >= 4 is 23.5 Å². The minimum absolute atomic E-state index is 0.263. The topological polar surface area (TPSA) is 66.9 Å². The summed E-state index contributed by atoms with van der Waals surface area (Å²) in [5.74, 6) is -1.64. The van der Waals surface area contributed by atoms with E-state index in [1.165, 1.54) is 4.90 Å². The first-order valence-corrected chi connectivity index (χ1v) is 8.97. The molecule has 1 aromatic carbocycles. The zero-order valence-electron chi connectivity index (χ0n) is 14.6. The van der Waals surface area contributed by atoms with Crippen molar-refractivity contribution in [2.24, 2.45) is 5.92 Å². The summed E-state index contributed by atoms with van der Waals surface area (Å²) < 4.78 is 5.06. The van der Waals surface area contributed by atoms with Gasteiger partial charge in [-0.1, -0.05) is 18.2 Å². The lowest BCUT2D eigenvalue weighted by Crippen LogP contribution is -2.51. The molecule has 1 aromatic rings. The average molecular weight is 344 g/mol. The lowest BCUT2D eigenvalue weighted by Gasteiger charge is -2.34. The first-order valence-electron chi connectivity index (χ1n) is 8.97. The van der Waals surface area contributed by atoms with E-state index in [1.807, 2.05) is 24.3 Å². The first-order chi connectivity index (χ1) is 12.1. The van der Waals surface area contributed by atoms with Crippen LogP contribution in [0.2, 0.25) is 0 Å². The number of carbonyl (C=O) groups is 3. The quantitative estimate of drug-likeness (QED) is 0.606. The molecule has 0 bridgehead atoms. The van der Waals surface area contributed by atoms with Crippen LogP contribution in [0.25, 0.3) is 0 Å². The molecule has 2 amide bonds. The molecular formula is C19H24N2O4. The number of amides is 2. The summed E-state index contributed by atoms with van der Waals surface area (Å²) in [6.07, 6.45) is 3.17. The zero-order chi connectivity index (χ0) is 17.8. The second kappa shape index (κ2) is 7.68. The number of carbonyl (C=O) groups excluding carboxylic acids is 3. The van der Waals surface area contributed by atoms with Crippen molar-refractivity contribution in [3.05, 3.63) is 29.8 Å². The minimum atomic E-state index is -0.522. The van der Waals surface area contributed by atoms with Crippen molar-refractivity contribution in [3.63, 3.8) is 0 Å². The molecule has 2 aliphatic rings. The van der Waals surface area contributed by atoms with E-state index in [0.717, 1.165) is 24.1 Å². The van der Waals surface area contributed by atoms with Crippen LogP contribution >= 0.6 is 0 Å². The number of anilines is 1. The van der Waals surface area contributed by atoms with Crippen LogP contribution in [-0.2, 0) is 25.5 Å². The number of fused-ring (bicyclic) bond motifs is 1. The Balaban J connectivity index is 1.71. The molecular weight excluding hydrogens is 320 g/mol. The second-order valence-corrected chi connectivity index (χ2v) is 6.53. The normalized spacial score (nSPS) is 20.0. The van der Waals surface area contributed by atoms with Gasteiger partial charge in [-0.2, -0.15) is 0 Å². The number of rotatable bonds is 2. The highest BCUT2D eigenvalue weighted by Crippen LogP contribution is 2.27. The van der Waals surface area contributed by atoms with E-state index >= 15 is 0 Å². The Hall–Kier alpha value is -2.37.